The number of nitriles is 3. The quantitative estimate of drug-likeness (QED) is 0.854. The fourth-order valence-electron chi connectivity index (χ4n) is 3.89. The predicted molar refractivity (Wildman–Crippen MR) is 88.7 cm³/mol. The molecule has 118 valence electrons. The minimum Gasteiger partial charge on any atom is -0.380 e. The van der Waals surface area contributed by atoms with Gasteiger partial charge in [-0.05, 0) is 23.4 Å². The highest BCUT2D eigenvalue weighted by atomic mass is 15.1. The molecule has 2 aliphatic rings. The van der Waals surface area contributed by atoms with Gasteiger partial charge in [-0.15, -0.1) is 0 Å². The minimum absolute atomic E-state index is 0.129. The number of rotatable bonds is 1. The van der Waals surface area contributed by atoms with Crippen LogP contribution in [0, 0.1) is 45.3 Å². The van der Waals surface area contributed by atoms with Crippen molar-refractivity contribution in [2.75, 3.05) is 13.6 Å². The fraction of sp³-hybridized carbons (Fsp3) is 0.316. The lowest BCUT2D eigenvalue weighted by molar-refractivity contribution is 0.229. The Morgan fingerprint density at radius 1 is 1.17 bits per heavy atom. The first kappa shape index (κ1) is 15.8. The Kier molecular flexibility index (Phi) is 3.86. The number of nitrogens with two attached hydrogens (primary N) is 1. The van der Waals surface area contributed by atoms with E-state index in [0.717, 1.165) is 11.1 Å². The Morgan fingerprint density at radius 2 is 1.83 bits per heavy atom. The number of hydrogen-bond acceptors (Lipinski definition) is 5. The summed E-state index contributed by atoms with van der Waals surface area (Å²) in [6.45, 7) is 0.633. The number of hydrogen-bond donors (Lipinski definition) is 1. The molecule has 0 fully saturated rings. The molecule has 1 heterocycles. The number of nitrogens with zero attached hydrogens (tertiary/aromatic N) is 4. The van der Waals surface area contributed by atoms with Gasteiger partial charge < -0.3 is 10.6 Å². The molecule has 0 aromatic heterocycles. The summed E-state index contributed by atoms with van der Waals surface area (Å²) in [5.74, 6) is -0.514. The summed E-state index contributed by atoms with van der Waals surface area (Å²) in [5, 5.41) is 29.4. The Balaban J connectivity index is 2.31. The SMILES string of the molecule is CN1C=CC2=C(C#N)[C@@H](N)C(C#N)(C#N)[C@@H](c3ccccc3)[C@@H]2C1. The first-order valence-electron chi connectivity index (χ1n) is 7.74. The average molecular weight is 315 g/mol. The summed E-state index contributed by atoms with van der Waals surface area (Å²) in [7, 11) is 1.94. The van der Waals surface area contributed by atoms with Gasteiger partial charge in [-0.25, -0.2) is 0 Å². The van der Waals surface area contributed by atoms with Crippen molar-refractivity contribution in [1.82, 2.24) is 4.90 Å². The predicted octanol–water partition coefficient (Wildman–Crippen LogP) is 2.04. The molecular weight excluding hydrogens is 298 g/mol. The van der Waals surface area contributed by atoms with Crippen molar-refractivity contribution in [2.45, 2.75) is 12.0 Å². The highest BCUT2D eigenvalue weighted by molar-refractivity contribution is 5.53. The van der Waals surface area contributed by atoms with Gasteiger partial charge in [0.2, 0.25) is 0 Å². The van der Waals surface area contributed by atoms with E-state index in [1.165, 1.54) is 0 Å². The molecule has 0 unspecified atom stereocenters. The van der Waals surface area contributed by atoms with E-state index in [0.29, 0.717) is 12.1 Å². The molecule has 1 aromatic carbocycles. The molecule has 1 aliphatic carbocycles. The van der Waals surface area contributed by atoms with Gasteiger partial charge in [-0.3, -0.25) is 0 Å². The van der Waals surface area contributed by atoms with Crippen molar-refractivity contribution in [3.8, 4) is 18.2 Å². The zero-order valence-corrected chi connectivity index (χ0v) is 13.3. The van der Waals surface area contributed by atoms with Crippen LogP contribution >= 0.6 is 0 Å². The second kappa shape index (κ2) is 5.85. The lowest BCUT2D eigenvalue weighted by Crippen LogP contribution is -2.53. The number of benzene rings is 1. The molecule has 0 bridgehead atoms. The smallest absolute Gasteiger partial charge is 0.170 e. The normalized spacial score (nSPS) is 27.6. The molecule has 2 N–H and O–H groups in total. The molecule has 0 amide bonds. The van der Waals surface area contributed by atoms with E-state index >= 15 is 0 Å². The standard InChI is InChI=1S/C19H17N5/c1-24-8-7-14-15(9-20)18(23)19(11-21,12-22)17(16(14)10-24)13-5-3-2-4-6-13/h2-8,16-18H,10,23H2,1H3/t16-,17+,18-/m1/s1. The summed E-state index contributed by atoms with van der Waals surface area (Å²) in [5.41, 5.74) is 6.92. The first-order valence-corrected chi connectivity index (χ1v) is 7.74. The molecule has 5 nitrogen and oxygen atoms in total. The Labute approximate surface area is 141 Å². The maximum atomic E-state index is 9.90. The number of fused-ring (bicyclic) bond motifs is 1. The van der Waals surface area contributed by atoms with Crippen LogP contribution in [0.4, 0.5) is 0 Å². The Hall–Kier alpha value is -3.07. The molecule has 1 aromatic rings. The van der Waals surface area contributed by atoms with Crippen LogP contribution in [0.1, 0.15) is 11.5 Å². The van der Waals surface area contributed by atoms with Crippen LogP contribution in [0.15, 0.2) is 53.8 Å². The Bertz CT molecular complexity index is 817. The van der Waals surface area contributed by atoms with E-state index in [1.807, 2.05) is 54.6 Å². The van der Waals surface area contributed by atoms with Crippen LogP contribution in [0.3, 0.4) is 0 Å². The van der Waals surface area contributed by atoms with E-state index in [1.54, 1.807) is 0 Å². The second-order valence-corrected chi connectivity index (χ2v) is 6.30. The largest absolute Gasteiger partial charge is 0.380 e. The third kappa shape index (κ3) is 2.09. The topological polar surface area (TPSA) is 101 Å². The van der Waals surface area contributed by atoms with Gasteiger partial charge in [0, 0.05) is 25.4 Å². The van der Waals surface area contributed by atoms with Gasteiger partial charge in [0.05, 0.1) is 29.8 Å². The van der Waals surface area contributed by atoms with Crippen molar-refractivity contribution in [3.63, 3.8) is 0 Å². The van der Waals surface area contributed by atoms with E-state index in [-0.39, 0.29) is 11.8 Å². The van der Waals surface area contributed by atoms with E-state index in [9.17, 15) is 15.8 Å². The third-order valence-corrected chi connectivity index (χ3v) is 5.05. The van der Waals surface area contributed by atoms with Crippen molar-refractivity contribution in [1.29, 1.82) is 15.8 Å². The third-order valence-electron chi connectivity index (χ3n) is 5.05. The fourth-order valence-corrected chi connectivity index (χ4v) is 3.89. The highest BCUT2D eigenvalue weighted by Gasteiger charge is 2.55. The Morgan fingerprint density at radius 3 is 2.42 bits per heavy atom. The molecule has 1 aliphatic heterocycles. The zero-order valence-electron chi connectivity index (χ0n) is 13.3. The number of allylic oxidation sites excluding steroid dienone is 1. The highest BCUT2D eigenvalue weighted by Crippen LogP contribution is 2.52. The average Bonchev–Trinajstić information content (AvgIpc) is 2.62. The van der Waals surface area contributed by atoms with E-state index in [4.69, 9.17) is 5.73 Å². The van der Waals surface area contributed by atoms with Crippen LogP contribution in [0.25, 0.3) is 0 Å². The van der Waals surface area contributed by atoms with Gasteiger partial charge in [-0.2, -0.15) is 15.8 Å². The molecule has 24 heavy (non-hydrogen) atoms. The molecule has 3 rings (SSSR count). The summed E-state index contributed by atoms with van der Waals surface area (Å²) in [6, 6.07) is 15.1. The molecule has 0 spiro atoms. The van der Waals surface area contributed by atoms with Crippen molar-refractivity contribution in [2.24, 2.45) is 17.1 Å². The molecule has 3 atom stereocenters. The van der Waals surface area contributed by atoms with Gasteiger partial charge >= 0.3 is 0 Å². The molecule has 5 heteroatoms. The lowest BCUT2D eigenvalue weighted by Gasteiger charge is -2.46. The van der Waals surface area contributed by atoms with Crippen LogP contribution in [-0.2, 0) is 0 Å². The summed E-state index contributed by atoms with van der Waals surface area (Å²) in [6.07, 6.45) is 3.80. The van der Waals surface area contributed by atoms with Crippen LogP contribution in [-0.4, -0.2) is 24.5 Å². The van der Waals surface area contributed by atoms with Gasteiger partial charge in [-0.1, -0.05) is 30.3 Å². The van der Waals surface area contributed by atoms with Crippen molar-refractivity contribution >= 4 is 0 Å². The van der Waals surface area contributed by atoms with Crippen LogP contribution in [0.5, 0.6) is 0 Å². The van der Waals surface area contributed by atoms with Gasteiger partial charge in [0.15, 0.2) is 5.41 Å². The second-order valence-electron chi connectivity index (χ2n) is 6.30. The molecule has 0 saturated carbocycles. The molecular formula is C19H17N5. The van der Waals surface area contributed by atoms with Gasteiger partial charge in [0.1, 0.15) is 0 Å². The zero-order chi connectivity index (χ0) is 17.3. The minimum atomic E-state index is -1.47. The van der Waals surface area contributed by atoms with E-state index < -0.39 is 11.5 Å². The van der Waals surface area contributed by atoms with Crippen LogP contribution < -0.4 is 5.73 Å². The lowest BCUT2D eigenvalue weighted by atomic mass is 9.56. The van der Waals surface area contributed by atoms with Crippen molar-refractivity contribution < 1.29 is 0 Å². The van der Waals surface area contributed by atoms with Crippen molar-refractivity contribution in [3.05, 3.63) is 59.3 Å². The molecule has 0 radical (unpaired) electrons. The summed E-state index contributed by atoms with van der Waals surface area (Å²) < 4.78 is 0. The maximum Gasteiger partial charge on any atom is 0.170 e. The molecule has 0 saturated heterocycles. The summed E-state index contributed by atoms with van der Waals surface area (Å²) in [4.78, 5) is 2.01. The maximum absolute atomic E-state index is 9.90. The van der Waals surface area contributed by atoms with E-state index in [2.05, 4.69) is 18.2 Å². The monoisotopic (exact) mass is 315 g/mol. The van der Waals surface area contributed by atoms with Gasteiger partial charge in [0.25, 0.3) is 0 Å². The summed E-state index contributed by atoms with van der Waals surface area (Å²) >= 11 is 0. The van der Waals surface area contributed by atoms with Crippen LogP contribution in [0.2, 0.25) is 0 Å². The first-order chi connectivity index (χ1) is 11.6.